The molecule has 612 valence electrons. The summed E-state index contributed by atoms with van der Waals surface area (Å²) in [5.41, 5.74) is 15.7. The van der Waals surface area contributed by atoms with Crippen molar-refractivity contribution < 1.29 is 60.2 Å². The van der Waals surface area contributed by atoms with Crippen LogP contribution in [0.25, 0.3) is 0 Å². The first-order chi connectivity index (χ1) is 52.3. The van der Waals surface area contributed by atoms with E-state index in [0.29, 0.717) is 100 Å². The average Bonchev–Trinajstić information content (AvgIpc) is 0.782. The Morgan fingerprint density at radius 2 is 0.228 bits per heavy atom. The van der Waals surface area contributed by atoms with Crippen molar-refractivity contribution in [1.29, 1.82) is 0 Å². The van der Waals surface area contributed by atoms with E-state index in [2.05, 4.69) is 187 Å². The number of hydrogen-bond donors (Lipinski definition) is 9. The highest BCUT2D eigenvalue weighted by Crippen LogP contribution is 2.47. The average molecular weight is 1550 g/mol. The number of phenolic OH excluding ortho intramolecular Hbond substituents is 9. The van der Waals surface area contributed by atoms with Gasteiger partial charge in [-0.05, 0) is 202 Å². The lowest BCUT2D eigenvalue weighted by molar-refractivity contribution is 0.103. The Kier molecular flexibility index (Phi) is 24.5. The lowest BCUT2D eigenvalue weighted by atomic mass is 9.81. The minimum Gasteiger partial charge on any atom is -0.507 e. The molecule has 9 N–H and O–H groups in total. The fourth-order valence-electron chi connectivity index (χ4n) is 15.1. The molecule has 9 aromatic carbocycles. The summed E-state index contributed by atoms with van der Waals surface area (Å²) in [7, 11) is 0. The van der Waals surface area contributed by atoms with Gasteiger partial charge in [0.2, 0.25) is 0 Å². The molecule has 1 aliphatic heterocycles. The van der Waals surface area contributed by atoms with Crippen LogP contribution in [0.1, 0.15) is 337 Å². The van der Waals surface area contributed by atoms with Gasteiger partial charge in [-0.3, -0.25) is 0 Å². The maximum absolute atomic E-state index is 12.7. The number of aromatic hydroxyl groups is 9. The summed E-state index contributed by atoms with van der Waals surface area (Å²) in [5.74, 6) is 0.328. The van der Waals surface area contributed by atoms with Crippen molar-refractivity contribution in [2.45, 2.75) is 314 Å². The second-order valence-electron chi connectivity index (χ2n) is 42.1. The molecule has 1 heterocycles. The van der Waals surface area contributed by atoms with Crippen LogP contribution in [0.5, 0.6) is 51.7 Å². The van der Waals surface area contributed by atoms with Gasteiger partial charge in [0, 0.05) is 71.9 Å². The zero-order valence-electron chi connectivity index (χ0n) is 73.6. The molecule has 114 heavy (non-hydrogen) atoms. The summed E-state index contributed by atoms with van der Waals surface area (Å²) >= 11 is 0. The highest BCUT2D eigenvalue weighted by molar-refractivity contribution is 5.60. The van der Waals surface area contributed by atoms with E-state index in [1.807, 2.05) is 109 Å². The van der Waals surface area contributed by atoms with Crippen LogP contribution >= 0.6 is 0 Å². The van der Waals surface area contributed by atoms with Crippen LogP contribution < -0.4 is 0 Å². The third-order valence-corrected chi connectivity index (χ3v) is 23.0. The van der Waals surface area contributed by atoms with Crippen LogP contribution in [0.2, 0.25) is 0 Å². The van der Waals surface area contributed by atoms with E-state index in [9.17, 15) is 46.0 Å². The van der Waals surface area contributed by atoms with Gasteiger partial charge in [0.05, 0.1) is 39.6 Å². The first-order valence-electron chi connectivity index (χ1n) is 40.8. The predicted molar refractivity (Wildman–Crippen MR) is 464 cm³/mol. The molecule has 0 aromatic heterocycles. The number of ether oxygens (including phenoxy) is 3. The molecular weight excluding hydrogens is 1420 g/mol. The molecule has 0 saturated carbocycles. The molecule has 12 heteroatoms. The van der Waals surface area contributed by atoms with Crippen LogP contribution in [-0.4, -0.2) is 46.0 Å². The fraction of sp³-hybridized carbons (Fsp3) is 0.471. The van der Waals surface area contributed by atoms with Crippen LogP contribution in [-0.2, 0) is 141 Å². The summed E-state index contributed by atoms with van der Waals surface area (Å²) < 4.78 is 19.9. The van der Waals surface area contributed by atoms with Crippen molar-refractivity contribution in [3.05, 3.63) is 259 Å². The van der Waals surface area contributed by atoms with E-state index in [0.717, 1.165) is 50.1 Å². The molecule has 10 rings (SSSR count). The number of rotatable bonds is 0. The zero-order valence-corrected chi connectivity index (χ0v) is 73.6. The van der Waals surface area contributed by atoms with E-state index < -0.39 is 0 Å². The van der Waals surface area contributed by atoms with Gasteiger partial charge in [0.25, 0.3) is 0 Å². The van der Waals surface area contributed by atoms with Crippen LogP contribution in [0, 0.1) is 0 Å². The zero-order chi connectivity index (χ0) is 84.6. The maximum atomic E-state index is 12.7. The Morgan fingerprint density at radius 3 is 0.316 bits per heavy atom. The largest absolute Gasteiger partial charge is 0.507 e. The Labute approximate surface area is 681 Å². The van der Waals surface area contributed by atoms with Crippen molar-refractivity contribution in [3.63, 3.8) is 0 Å². The number of hydrogen-bond acceptors (Lipinski definition) is 12. The van der Waals surface area contributed by atoms with Gasteiger partial charge in [0.1, 0.15) is 51.7 Å². The van der Waals surface area contributed by atoms with Crippen molar-refractivity contribution in [3.8, 4) is 51.7 Å². The van der Waals surface area contributed by atoms with Crippen LogP contribution in [0.3, 0.4) is 0 Å². The standard InChI is InChI=1S/C102H132O12/c1-94(2,3)76-34-58-28-64-40-79(97(10,11)12)46-70(88(64)106)52-112-54-72-48-81(99(16,17)18)42-66(90(72)108)30-60-36-77(95(4,5)6)38-62(86(60)104)32-68-44-83(101(22,23)24)50-74(92(68)110)56-114-57-75-51-84(102(25,26)27)45-69(93(75)111)33-63-39-78(96(7,8)9)37-61(87(63)105)31-67-43-82(100(19,20)21)49-73(91(67)109)55-113-53-71-47-80(98(13,14)15)41-65(89(71)107)29-59(35-76)85(58)103/h34-51,103-111H,28-33,52-57H2,1-27H3. The van der Waals surface area contributed by atoms with Crippen LogP contribution in [0.15, 0.2) is 109 Å². The quantitative estimate of drug-likeness (QED) is 0.0695. The number of benzene rings is 9. The fourth-order valence-corrected chi connectivity index (χ4v) is 15.1. The minimum atomic E-state index is -0.380. The highest BCUT2D eigenvalue weighted by Gasteiger charge is 2.32. The summed E-state index contributed by atoms with van der Waals surface area (Å²) in [6.45, 7) is 57.2. The monoisotopic (exact) mass is 1550 g/mol. The smallest absolute Gasteiger partial charge is 0.124 e. The molecule has 0 amide bonds. The molecule has 0 unspecified atom stereocenters. The maximum Gasteiger partial charge on any atom is 0.124 e. The van der Waals surface area contributed by atoms with E-state index in [4.69, 9.17) is 14.2 Å². The molecule has 1 aliphatic rings. The molecule has 0 spiro atoms. The molecular formula is C102H132O12. The first kappa shape index (κ1) is 87.4. The normalized spacial score (nSPS) is 14.8. The van der Waals surface area contributed by atoms with Gasteiger partial charge in [-0.25, -0.2) is 0 Å². The van der Waals surface area contributed by atoms with Gasteiger partial charge < -0.3 is 60.2 Å². The van der Waals surface area contributed by atoms with Crippen molar-refractivity contribution in [2.24, 2.45) is 0 Å². The summed E-state index contributed by atoms with van der Waals surface area (Å²) in [6, 6.07) is 36.0. The molecule has 0 radical (unpaired) electrons. The SMILES string of the molecule is CC(C)(C)c1cc2c(O)c(c1)Cc1cc(C(C)(C)C)cc(c1O)Cc1cc(C(C)(C)C)cc(c1O)COCc1cc(C(C)(C)C)cc(c1O)Cc1cc(C(C)(C)C)cc(c1O)Cc1cc(C(C)(C)C)cc(c1O)COCc1cc(C(C)(C)C)cc(c1O)Cc1cc(C(C)(C)C)cc(c1O)Cc1cc(C(C)(C)C)cc(c1O)COC2. The van der Waals surface area contributed by atoms with E-state index in [-0.39, 0.29) is 179 Å². The summed E-state index contributed by atoms with van der Waals surface area (Å²) in [5, 5.41) is 114. The Morgan fingerprint density at radius 1 is 0.149 bits per heavy atom. The van der Waals surface area contributed by atoms with Gasteiger partial charge in [-0.2, -0.15) is 0 Å². The predicted octanol–water partition coefficient (Wildman–Crippen LogP) is 23.7. The van der Waals surface area contributed by atoms with Crippen LogP contribution in [0.4, 0.5) is 0 Å². The Hall–Kier alpha value is -8.94. The van der Waals surface area contributed by atoms with Gasteiger partial charge in [-0.15, -0.1) is 0 Å². The van der Waals surface area contributed by atoms with Gasteiger partial charge in [-0.1, -0.05) is 260 Å². The summed E-state index contributed by atoms with van der Waals surface area (Å²) in [6.07, 6.45) is 0.983. The van der Waals surface area contributed by atoms with E-state index >= 15 is 0 Å². The number of fused-ring (bicyclic) bond motifs is 18. The minimum absolute atomic E-state index is 0.0129. The molecule has 0 atom stereocenters. The van der Waals surface area contributed by atoms with Gasteiger partial charge >= 0.3 is 0 Å². The topological polar surface area (TPSA) is 210 Å². The number of phenols is 9. The first-order valence-corrected chi connectivity index (χ1v) is 40.8. The van der Waals surface area contributed by atoms with E-state index in [1.54, 1.807) is 0 Å². The molecule has 18 bridgehead atoms. The van der Waals surface area contributed by atoms with Crippen molar-refractivity contribution in [1.82, 2.24) is 0 Å². The van der Waals surface area contributed by atoms with Gasteiger partial charge in [0.15, 0.2) is 0 Å². The van der Waals surface area contributed by atoms with Crippen molar-refractivity contribution in [2.75, 3.05) is 0 Å². The molecule has 9 aromatic rings. The third kappa shape index (κ3) is 20.1. The molecule has 0 fully saturated rings. The summed E-state index contributed by atoms with van der Waals surface area (Å²) in [4.78, 5) is 0. The second-order valence-corrected chi connectivity index (χ2v) is 42.1. The second kappa shape index (κ2) is 31.9. The molecule has 12 nitrogen and oxygen atoms in total. The molecule has 0 aliphatic carbocycles. The highest BCUT2D eigenvalue weighted by atomic mass is 16.5. The third-order valence-electron chi connectivity index (χ3n) is 23.0. The molecule has 0 saturated heterocycles. The van der Waals surface area contributed by atoms with Crippen molar-refractivity contribution >= 4 is 0 Å². The lowest BCUT2D eigenvalue weighted by Crippen LogP contribution is -2.15. The Balaban J connectivity index is 1.14. The lowest BCUT2D eigenvalue weighted by Gasteiger charge is -2.26. The van der Waals surface area contributed by atoms with E-state index in [1.165, 1.54) is 0 Å². The Bertz CT molecular complexity index is 4310.